The van der Waals surface area contributed by atoms with Crippen molar-refractivity contribution in [1.29, 1.82) is 0 Å². The van der Waals surface area contributed by atoms with Crippen molar-refractivity contribution >= 4 is 11.3 Å². The molecule has 0 aromatic carbocycles. The summed E-state index contributed by atoms with van der Waals surface area (Å²) in [7, 11) is 0. The lowest BCUT2D eigenvalue weighted by molar-refractivity contribution is -0.143. The molecule has 0 saturated carbocycles. The molecule has 4 heteroatoms. The fourth-order valence-corrected chi connectivity index (χ4v) is 2.25. The molecule has 0 aliphatic rings. The van der Waals surface area contributed by atoms with Crippen molar-refractivity contribution in [1.82, 2.24) is 0 Å². The number of hydrogen-bond acceptors (Lipinski definition) is 4. The number of aliphatic hydroxyl groups excluding tert-OH is 1. The minimum absolute atomic E-state index is 0.190. The van der Waals surface area contributed by atoms with E-state index in [2.05, 4.69) is 0 Å². The molecule has 0 aliphatic carbocycles. The monoisotopic (exact) mass is 244 g/mol. The van der Waals surface area contributed by atoms with Gasteiger partial charge in [0.05, 0.1) is 6.10 Å². The number of aliphatic hydroxyl groups is 1. The third-order valence-electron chi connectivity index (χ3n) is 2.25. The van der Waals surface area contributed by atoms with Gasteiger partial charge in [-0.1, -0.05) is 6.07 Å². The van der Waals surface area contributed by atoms with Gasteiger partial charge in [-0.2, -0.15) is 0 Å². The number of ether oxygens (including phenoxy) is 2. The molecule has 1 rings (SSSR count). The van der Waals surface area contributed by atoms with Crippen molar-refractivity contribution in [2.75, 3.05) is 13.2 Å². The molecule has 0 radical (unpaired) electrons. The highest BCUT2D eigenvalue weighted by atomic mass is 32.1. The molecular weight excluding hydrogens is 224 g/mol. The van der Waals surface area contributed by atoms with Gasteiger partial charge >= 0.3 is 0 Å². The van der Waals surface area contributed by atoms with E-state index >= 15 is 0 Å². The molecule has 1 atom stereocenters. The van der Waals surface area contributed by atoms with E-state index in [0.29, 0.717) is 19.6 Å². The minimum Gasteiger partial charge on any atom is -0.388 e. The first kappa shape index (κ1) is 13.6. The molecule has 1 unspecified atom stereocenters. The van der Waals surface area contributed by atoms with Crippen LogP contribution in [-0.4, -0.2) is 24.6 Å². The van der Waals surface area contributed by atoms with E-state index in [1.807, 2.05) is 31.4 Å². The van der Waals surface area contributed by atoms with Crippen molar-refractivity contribution in [2.45, 2.75) is 39.1 Å². The van der Waals surface area contributed by atoms with Crippen LogP contribution < -0.4 is 0 Å². The van der Waals surface area contributed by atoms with Gasteiger partial charge in [0.15, 0.2) is 6.29 Å². The largest absolute Gasteiger partial charge is 0.388 e. The summed E-state index contributed by atoms with van der Waals surface area (Å²) in [6, 6.07) is 3.90. The summed E-state index contributed by atoms with van der Waals surface area (Å²) >= 11 is 1.58. The van der Waals surface area contributed by atoms with Gasteiger partial charge in [-0.3, -0.25) is 0 Å². The predicted octanol–water partition coefficient (Wildman–Crippen LogP) is 2.96. The zero-order chi connectivity index (χ0) is 11.8. The van der Waals surface area contributed by atoms with Crippen LogP contribution in [0.4, 0.5) is 0 Å². The van der Waals surface area contributed by atoms with Gasteiger partial charge in [-0.25, -0.2) is 0 Å². The lowest BCUT2D eigenvalue weighted by Gasteiger charge is -2.18. The molecule has 0 fully saturated rings. The summed E-state index contributed by atoms with van der Waals surface area (Å²) in [5.74, 6) is 0. The maximum atomic E-state index is 9.89. The average Bonchev–Trinajstić information content (AvgIpc) is 2.79. The predicted molar refractivity (Wildman–Crippen MR) is 65.6 cm³/mol. The SMILES string of the molecule is CCOC(CCC(O)c1cccs1)OCC. The molecule has 0 saturated heterocycles. The first-order valence-electron chi connectivity index (χ1n) is 5.72. The molecule has 1 aromatic rings. The average molecular weight is 244 g/mol. The Labute approximate surface area is 101 Å². The van der Waals surface area contributed by atoms with Gasteiger partial charge in [0.25, 0.3) is 0 Å². The Morgan fingerprint density at radius 1 is 1.25 bits per heavy atom. The van der Waals surface area contributed by atoms with Crippen LogP contribution in [0.25, 0.3) is 0 Å². The van der Waals surface area contributed by atoms with Gasteiger partial charge in [0, 0.05) is 24.5 Å². The third kappa shape index (κ3) is 4.61. The van der Waals surface area contributed by atoms with Crippen LogP contribution in [0, 0.1) is 0 Å². The van der Waals surface area contributed by atoms with Gasteiger partial charge in [0.1, 0.15) is 0 Å². The fraction of sp³-hybridized carbons (Fsp3) is 0.667. The molecule has 1 aromatic heterocycles. The zero-order valence-electron chi connectivity index (χ0n) is 9.89. The molecule has 1 N–H and O–H groups in total. The summed E-state index contributed by atoms with van der Waals surface area (Å²) < 4.78 is 10.8. The number of hydrogen-bond donors (Lipinski definition) is 1. The zero-order valence-corrected chi connectivity index (χ0v) is 10.7. The van der Waals surface area contributed by atoms with Crippen LogP contribution in [0.1, 0.15) is 37.7 Å². The van der Waals surface area contributed by atoms with Crippen molar-refractivity contribution in [3.63, 3.8) is 0 Å². The third-order valence-corrected chi connectivity index (χ3v) is 3.23. The van der Waals surface area contributed by atoms with E-state index in [4.69, 9.17) is 9.47 Å². The number of rotatable bonds is 8. The second-order valence-electron chi connectivity index (χ2n) is 3.45. The van der Waals surface area contributed by atoms with Crippen LogP contribution in [-0.2, 0) is 9.47 Å². The minimum atomic E-state index is -0.400. The Bertz CT molecular complexity index is 255. The topological polar surface area (TPSA) is 38.7 Å². The van der Waals surface area contributed by atoms with Crippen molar-refractivity contribution < 1.29 is 14.6 Å². The Balaban J connectivity index is 2.30. The molecular formula is C12H20O3S. The molecule has 1 heterocycles. The molecule has 0 aliphatic heterocycles. The Morgan fingerprint density at radius 3 is 2.44 bits per heavy atom. The van der Waals surface area contributed by atoms with E-state index in [1.165, 1.54) is 0 Å². The second kappa shape index (κ2) is 7.79. The lowest BCUT2D eigenvalue weighted by atomic mass is 10.1. The highest BCUT2D eigenvalue weighted by molar-refractivity contribution is 7.10. The van der Waals surface area contributed by atoms with Crippen molar-refractivity contribution in [3.8, 4) is 0 Å². The first-order chi connectivity index (χ1) is 7.77. The van der Waals surface area contributed by atoms with E-state index in [0.717, 1.165) is 11.3 Å². The molecule has 92 valence electrons. The normalized spacial score (nSPS) is 13.2. The van der Waals surface area contributed by atoms with Crippen molar-refractivity contribution in [2.24, 2.45) is 0 Å². The van der Waals surface area contributed by atoms with E-state index < -0.39 is 6.10 Å². The quantitative estimate of drug-likeness (QED) is 0.715. The first-order valence-corrected chi connectivity index (χ1v) is 6.60. The summed E-state index contributed by atoms with van der Waals surface area (Å²) in [4.78, 5) is 1.01. The Hall–Kier alpha value is -0.420. The maximum absolute atomic E-state index is 9.89. The van der Waals surface area contributed by atoms with E-state index in [-0.39, 0.29) is 6.29 Å². The van der Waals surface area contributed by atoms with E-state index in [1.54, 1.807) is 11.3 Å². The molecule has 0 spiro atoms. The Kier molecular flexibility index (Phi) is 6.64. The van der Waals surface area contributed by atoms with Crippen LogP contribution in [0.5, 0.6) is 0 Å². The smallest absolute Gasteiger partial charge is 0.157 e. The van der Waals surface area contributed by atoms with Gasteiger partial charge in [0.2, 0.25) is 0 Å². The van der Waals surface area contributed by atoms with Crippen LogP contribution in [0.3, 0.4) is 0 Å². The molecule has 0 bridgehead atoms. The highest BCUT2D eigenvalue weighted by Gasteiger charge is 2.13. The molecule has 3 nitrogen and oxygen atoms in total. The second-order valence-corrected chi connectivity index (χ2v) is 4.43. The summed E-state index contributed by atoms with van der Waals surface area (Å²) in [6.45, 7) is 5.17. The van der Waals surface area contributed by atoms with Crippen LogP contribution in [0.2, 0.25) is 0 Å². The highest BCUT2D eigenvalue weighted by Crippen LogP contribution is 2.24. The van der Waals surface area contributed by atoms with Gasteiger partial charge < -0.3 is 14.6 Å². The Morgan fingerprint density at radius 2 is 1.94 bits per heavy atom. The number of thiophene rings is 1. The molecule has 16 heavy (non-hydrogen) atoms. The van der Waals surface area contributed by atoms with E-state index in [9.17, 15) is 5.11 Å². The summed E-state index contributed by atoms with van der Waals surface area (Å²) in [6.07, 6.45) is 0.805. The molecule has 0 amide bonds. The van der Waals surface area contributed by atoms with Crippen LogP contribution in [0.15, 0.2) is 17.5 Å². The summed E-state index contributed by atoms with van der Waals surface area (Å²) in [5.41, 5.74) is 0. The van der Waals surface area contributed by atoms with Gasteiger partial charge in [-0.15, -0.1) is 11.3 Å². The van der Waals surface area contributed by atoms with Crippen LogP contribution >= 0.6 is 11.3 Å². The summed E-state index contributed by atoms with van der Waals surface area (Å²) in [5, 5.41) is 11.9. The van der Waals surface area contributed by atoms with Gasteiger partial charge in [-0.05, 0) is 31.7 Å². The van der Waals surface area contributed by atoms with Crippen molar-refractivity contribution in [3.05, 3.63) is 22.4 Å². The lowest BCUT2D eigenvalue weighted by Crippen LogP contribution is -2.18. The standard InChI is InChI=1S/C12H20O3S/c1-3-14-12(15-4-2)8-7-10(13)11-6-5-9-16-11/h5-6,9-10,12-13H,3-4,7-8H2,1-2H3. The fourth-order valence-electron chi connectivity index (χ4n) is 1.50. The maximum Gasteiger partial charge on any atom is 0.157 e.